The summed E-state index contributed by atoms with van der Waals surface area (Å²) in [6.45, 7) is 1.21. The van der Waals surface area contributed by atoms with E-state index in [9.17, 15) is 4.79 Å². The second kappa shape index (κ2) is 5.75. The van der Waals surface area contributed by atoms with Gasteiger partial charge in [-0.25, -0.2) is 0 Å². The Bertz CT molecular complexity index is 594. The molecule has 0 unspecified atom stereocenters. The maximum absolute atomic E-state index is 10.7. The van der Waals surface area contributed by atoms with Crippen molar-refractivity contribution < 1.29 is 14.3 Å². The van der Waals surface area contributed by atoms with Gasteiger partial charge in [-0.05, 0) is 23.3 Å². The van der Waals surface area contributed by atoms with E-state index in [2.05, 4.69) is 5.32 Å². The van der Waals surface area contributed by atoms with Crippen molar-refractivity contribution in [1.82, 2.24) is 0 Å². The highest BCUT2D eigenvalue weighted by Crippen LogP contribution is 2.35. The van der Waals surface area contributed by atoms with Gasteiger partial charge in [0, 0.05) is 0 Å². The summed E-state index contributed by atoms with van der Waals surface area (Å²) in [7, 11) is 0. The first-order valence-electron chi connectivity index (χ1n) is 6.49. The van der Waals surface area contributed by atoms with Crippen LogP contribution >= 0.6 is 0 Å². The third-order valence-electron chi connectivity index (χ3n) is 3.16. The monoisotopic (exact) mass is 269 g/mol. The number of hydrogen-bond acceptors (Lipinski definition) is 3. The van der Waals surface area contributed by atoms with Gasteiger partial charge in [0.05, 0.1) is 12.3 Å². The van der Waals surface area contributed by atoms with Gasteiger partial charge in [0.2, 0.25) is 6.41 Å². The second-order valence-electron chi connectivity index (χ2n) is 4.61. The number of carbonyl (C=O) groups is 1. The lowest BCUT2D eigenvalue weighted by atomic mass is 10.1. The van der Waals surface area contributed by atoms with Crippen molar-refractivity contribution in [3.8, 4) is 5.75 Å². The SMILES string of the molecule is O=CNc1cc([C@@H]2CO2)ccc1OCc1ccccc1. The molecular formula is C16H15NO3. The molecule has 1 amide bonds. The third-order valence-corrected chi connectivity index (χ3v) is 3.16. The lowest BCUT2D eigenvalue weighted by Crippen LogP contribution is -2.01. The number of epoxide rings is 1. The van der Waals surface area contributed by atoms with Crippen LogP contribution in [0.3, 0.4) is 0 Å². The first-order chi connectivity index (χ1) is 9.86. The first-order valence-corrected chi connectivity index (χ1v) is 6.49. The summed E-state index contributed by atoms with van der Waals surface area (Å²) in [5.74, 6) is 0.658. The molecule has 102 valence electrons. The van der Waals surface area contributed by atoms with Gasteiger partial charge in [0.1, 0.15) is 18.5 Å². The maximum atomic E-state index is 10.7. The molecule has 4 heteroatoms. The van der Waals surface area contributed by atoms with E-state index in [0.29, 0.717) is 24.5 Å². The van der Waals surface area contributed by atoms with Crippen molar-refractivity contribution >= 4 is 12.1 Å². The van der Waals surface area contributed by atoms with Crippen LogP contribution in [0.4, 0.5) is 5.69 Å². The van der Waals surface area contributed by atoms with E-state index >= 15 is 0 Å². The zero-order chi connectivity index (χ0) is 13.8. The number of ether oxygens (including phenoxy) is 2. The molecule has 2 aromatic rings. The minimum atomic E-state index is 0.158. The Hall–Kier alpha value is -2.33. The van der Waals surface area contributed by atoms with Crippen LogP contribution in [0.5, 0.6) is 5.75 Å². The molecule has 0 bridgehead atoms. The highest BCUT2D eigenvalue weighted by Gasteiger charge is 2.25. The molecule has 0 aliphatic carbocycles. The van der Waals surface area contributed by atoms with Gasteiger partial charge in [-0.15, -0.1) is 0 Å². The fraction of sp³-hybridized carbons (Fsp3) is 0.188. The summed E-state index contributed by atoms with van der Waals surface area (Å²) < 4.78 is 11.0. The fourth-order valence-corrected chi connectivity index (χ4v) is 2.03. The average Bonchev–Trinajstić information content (AvgIpc) is 3.32. The van der Waals surface area contributed by atoms with Crippen molar-refractivity contribution in [2.45, 2.75) is 12.7 Å². The lowest BCUT2D eigenvalue weighted by Gasteiger charge is -2.12. The molecule has 1 aliphatic rings. The quantitative estimate of drug-likeness (QED) is 0.648. The van der Waals surface area contributed by atoms with Gasteiger partial charge in [0.25, 0.3) is 0 Å². The number of nitrogens with one attached hydrogen (secondary N) is 1. The van der Waals surface area contributed by atoms with Crippen LogP contribution in [-0.2, 0) is 16.1 Å². The molecule has 0 saturated carbocycles. The van der Waals surface area contributed by atoms with Crippen LogP contribution in [0.15, 0.2) is 48.5 Å². The topological polar surface area (TPSA) is 50.9 Å². The van der Waals surface area contributed by atoms with E-state index in [4.69, 9.17) is 9.47 Å². The molecule has 1 atom stereocenters. The van der Waals surface area contributed by atoms with Crippen LogP contribution in [0.25, 0.3) is 0 Å². The number of benzene rings is 2. The number of carbonyl (C=O) groups excluding carboxylic acids is 1. The van der Waals surface area contributed by atoms with Crippen LogP contribution in [0.1, 0.15) is 17.2 Å². The average molecular weight is 269 g/mol. The summed E-state index contributed by atoms with van der Waals surface area (Å²) in [5.41, 5.74) is 2.81. The van der Waals surface area contributed by atoms with Crippen molar-refractivity contribution in [2.75, 3.05) is 11.9 Å². The molecule has 1 saturated heterocycles. The number of amides is 1. The standard InChI is InChI=1S/C16H15NO3/c18-11-17-14-8-13(16-10-20-16)6-7-15(14)19-9-12-4-2-1-3-5-12/h1-8,11,16H,9-10H2,(H,17,18)/t16-/m0/s1. The minimum Gasteiger partial charge on any atom is -0.487 e. The van der Waals surface area contributed by atoms with Crippen molar-refractivity contribution in [3.05, 3.63) is 59.7 Å². The zero-order valence-corrected chi connectivity index (χ0v) is 10.9. The summed E-state index contributed by atoms with van der Waals surface area (Å²) >= 11 is 0. The zero-order valence-electron chi connectivity index (χ0n) is 10.9. The van der Waals surface area contributed by atoms with Gasteiger partial charge >= 0.3 is 0 Å². The summed E-state index contributed by atoms with van der Waals surface area (Å²) in [5, 5.41) is 2.67. The Balaban J connectivity index is 1.75. The lowest BCUT2D eigenvalue weighted by molar-refractivity contribution is -0.105. The summed E-state index contributed by atoms with van der Waals surface area (Å²) in [4.78, 5) is 10.7. The van der Waals surface area contributed by atoms with E-state index in [1.807, 2.05) is 48.5 Å². The van der Waals surface area contributed by atoms with Crippen LogP contribution in [-0.4, -0.2) is 13.0 Å². The normalized spacial score (nSPS) is 16.5. The molecule has 0 radical (unpaired) electrons. The molecule has 4 nitrogen and oxygen atoms in total. The Kier molecular flexibility index (Phi) is 3.65. The number of hydrogen-bond donors (Lipinski definition) is 1. The van der Waals surface area contributed by atoms with E-state index in [0.717, 1.165) is 17.7 Å². The summed E-state index contributed by atoms with van der Waals surface area (Å²) in [6, 6.07) is 15.6. The minimum absolute atomic E-state index is 0.158. The molecule has 3 rings (SSSR count). The van der Waals surface area contributed by atoms with E-state index in [1.165, 1.54) is 0 Å². The van der Waals surface area contributed by atoms with Gasteiger partial charge < -0.3 is 14.8 Å². The van der Waals surface area contributed by atoms with Gasteiger partial charge in [0.15, 0.2) is 0 Å². The largest absolute Gasteiger partial charge is 0.487 e. The molecule has 2 aromatic carbocycles. The Labute approximate surface area is 117 Å². The van der Waals surface area contributed by atoms with Gasteiger partial charge in [-0.2, -0.15) is 0 Å². The number of anilines is 1. The number of rotatable bonds is 6. The highest BCUT2D eigenvalue weighted by atomic mass is 16.6. The summed E-state index contributed by atoms with van der Waals surface area (Å²) in [6.07, 6.45) is 0.813. The molecule has 0 aromatic heterocycles. The van der Waals surface area contributed by atoms with E-state index in [1.54, 1.807) is 0 Å². The second-order valence-corrected chi connectivity index (χ2v) is 4.61. The van der Waals surface area contributed by atoms with Crippen molar-refractivity contribution in [1.29, 1.82) is 0 Å². The molecular weight excluding hydrogens is 254 g/mol. The Morgan fingerprint density at radius 1 is 1.25 bits per heavy atom. The molecule has 1 fully saturated rings. The highest BCUT2D eigenvalue weighted by molar-refractivity contribution is 5.76. The Morgan fingerprint density at radius 2 is 2.05 bits per heavy atom. The van der Waals surface area contributed by atoms with Gasteiger partial charge in [-0.3, -0.25) is 4.79 Å². The molecule has 1 aliphatic heterocycles. The predicted molar refractivity (Wildman–Crippen MR) is 75.6 cm³/mol. The molecule has 0 spiro atoms. The maximum Gasteiger partial charge on any atom is 0.211 e. The molecule has 1 heterocycles. The van der Waals surface area contributed by atoms with Crippen molar-refractivity contribution in [3.63, 3.8) is 0 Å². The molecule has 20 heavy (non-hydrogen) atoms. The first kappa shape index (κ1) is 12.7. The van der Waals surface area contributed by atoms with Crippen LogP contribution in [0.2, 0.25) is 0 Å². The third kappa shape index (κ3) is 2.97. The smallest absolute Gasteiger partial charge is 0.211 e. The Morgan fingerprint density at radius 3 is 2.75 bits per heavy atom. The van der Waals surface area contributed by atoms with Gasteiger partial charge in [-0.1, -0.05) is 36.4 Å². The van der Waals surface area contributed by atoms with Crippen molar-refractivity contribution in [2.24, 2.45) is 0 Å². The van der Waals surface area contributed by atoms with Crippen LogP contribution in [0, 0.1) is 0 Å². The van der Waals surface area contributed by atoms with E-state index < -0.39 is 0 Å². The predicted octanol–water partition coefficient (Wildman–Crippen LogP) is 2.91. The van der Waals surface area contributed by atoms with E-state index in [-0.39, 0.29) is 6.10 Å². The molecule has 1 N–H and O–H groups in total. The van der Waals surface area contributed by atoms with Crippen LogP contribution < -0.4 is 10.1 Å². The fourth-order valence-electron chi connectivity index (χ4n) is 2.03.